The quantitative estimate of drug-likeness (QED) is 0.838. The molecular formula is C22H31N3O2S. The van der Waals surface area contributed by atoms with Gasteiger partial charge in [-0.1, -0.05) is 12.5 Å². The summed E-state index contributed by atoms with van der Waals surface area (Å²) in [5.74, 6) is 0.970. The number of nitrogens with zero attached hydrogens (tertiary/aromatic N) is 2. The lowest BCUT2D eigenvalue weighted by molar-refractivity contribution is 0.230. The van der Waals surface area contributed by atoms with Crippen molar-refractivity contribution in [1.29, 1.82) is 0 Å². The first-order chi connectivity index (χ1) is 13.0. The van der Waals surface area contributed by atoms with E-state index in [4.69, 9.17) is 4.98 Å². The molecule has 2 heterocycles. The Morgan fingerprint density at radius 3 is 2.57 bits per heavy atom. The predicted octanol–water partition coefficient (Wildman–Crippen LogP) is 4.20. The van der Waals surface area contributed by atoms with Crippen LogP contribution in [0.2, 0.25) is 0 Å². The monoisotopic (exact) mass is 401 g/mol. The van der Waals surface area contributed by atoms with Crippen LogP contribution in [0.5, 0.6) is 0 Å². The van der Waals surface area contributed by atoms with Crippen molar-refractivity contribution in [3.8, 4) is 0 Å². The zero-order valence-electron chi connectivity index (χ0n) is 17.8. The number of hydrogen-bond donors (Lipinski definition) is 1. The Kier molecular flexibility index (Phi) is 4.58. The maximum atomic E-state index is 13.4. The molecule has 2 aliphatic rings. The Hall–Kier alpha value is -1.53. The molecule has 0 amide bonds. The van der Waals surface area contributed by atoms with Crippen molar-refractivity contribution in [1.82, 2.24) is 14.3 Å². The summed E-state index contributed by atoms with van der Waals surface area (Å²) in [5, 5.41) is 0.678. The molecule has 1 saturated carbocycles. The lowest BCUT2D eigenvalue weighted by Crippen LogP contribution is -2.36. The van der Waals surface area contributed by atoms with E-state index in [2.05, 4.69) is 17.7 Å². The fourth-order valence-electron chi connectivity index (χ4n) is 4.77. The van der Waals surface area contributed by atoms with E-state index in [1.807, 2.05) is 45.3 Å². The SMILES string of the molecule is Cc1cc([C@@H](C)N[S@](=O)C(C)(C)C)c2nc3n(c(=O)c2c1)[C@@H](C)CC31CCC1. The number of benzene rings is 1. The van der Waals surface area contributed by atoms with Crippen LogP contribution in [-0.4, -0.2) is 18.5 Å². The highest BCUT2D eigenvalue weighted by Crippen LogP contribution is 2.52. The minimum absolute atomic E-state index is 0.0744. The molecule has 1 aromatic carbocycles. The third kappa shape index (κ3) is 2.96. The van der Waals surface area contributed by atoms with Crippen LogP contribution in [0.3, 0.4) is 0 Å². The molecule has 1 fully saturated rings. The van der Waals surface area contributed by atoms with Crippen molar-refractivity contribution in [2.24, 2.45) is 0 Å². The van der Waals surface area contributed by atoms with Crippen LogP contribution in [0.15, 0.2) is 16.9 Å². The Morgan fingerprint density at radius 2 is 2.00 bits per heavy atom. The van der Waals surface area contributed by atoms with Gasteiger partial charge in [0.05, 0.1) is 26.6 Å². The van der Waals surface area contributed by atoms with Crippen LogP contribution in [0.4, 0.5) is 0 Å². The Labute approximate surface area is 169 Å². The van der Waals surface area contributed by atoms with Gasteiger partial charge in [0.1, 0.15) is 5.82 Å². The minimum Gasteiger partial charge on any atom is -0.293 e. The van der Waals surface area contributed by atoms with Gasteiger partial charge in [0, 0.05) is 17.5 Å². The Bertz CT molecular complexity index is 1030. The number of aromatic nitrogens is 2. The molecule has 0 bridgehead atoms. The van der Waals surface area contributed by atoms with Crippen LogP contribution in [0.25, 0.3) is 10.9 Å². The van der Waals surface area contributed by atoms with Crippen LogP contribution in [0.1, 0.15) is 89.3 Å². The molecule has 1 aliphatic carbocycles. The highest BCUT2D eigenvalue weighted by atomic mass is 32.2. The summed E-state index contributed by atoms with van der Waals surface area (Å²) < 4.78 is 17.4. The molecule has 2 aromatic rings. The second-order valence-electron chi connectivity index (χ2n) is 9.77. The van der Waals surface area contributed by atoms with E-state index < -0.39 is 11.0 Å². The summed E-state index contributed by atoms with van der Waals surface area (Å²) in [4.78, 5) is 18.5. The fourth-order valence-corrected chi connectivity index (χ4v) is 5.58. The smallest absolute Gasteiger partial charge is 0.261 e. The van der Waals surface area contributed by atoms with Gasteiger partial charge in [-0.15, -0.1) is 0 Å². The highest BCUT2D eigenvalue weighted by molar-refractivity contribution is 7.84. The van der Waals surface area contributed by atoms with Crippen LogP contribution >= 0.6 is 0 Å². The molecule has 5 nitrogen and oxygen atoms in total. The third-order valence-corrected chi connectivity index (χ3v) is 8.08. The molecule has 1 aromatic heterocycles. The first-order valence-corrected chi connectivity index (χ1v) is 11.4. The van der Waals surface area contributed by atoms with E-state index in [0.29, 0.717) is 5.39 Å². The number of fused-ring (bicyclic) bond motifs is 3. The Morgan fingerprint density at radius 1 is 1.32 bits per heavy atom. The first-order valence-electron chi connectivity index (χ1n) is 10.3. The van der Waals surface area contributed by atoms with Gasteiger partial charge in [0.15, 0.2) is 0 Å². The number of nitrogens with one attached hydrogen (secondary N) is 1. The van der Waals surface area contributed by atoms with Crippen molar-refractivity contribution >= 4 is 21.9 Å². The van der Waals surface area contributed by atoms with Gasteiger partial charge in [-0.2, -0.15) is 0 Å². The first kappa shape index (κ1) is 19.8. The zero-order chi connectivity index (χ0) is 20.4. The van der Waals surface area contributed by atoms with E-state index >= 15 is 0 Å². The van der Waals surface area contributed by atoms with Gasteiger partial charge in [-0.25, -0.2) is 13.9 Å². The van der Waals surface area contributed by atoms with Crippen LogP contribution in [-0.2, 0) is 16.4 Å². The lowest BCUT2D eigenvalue weighted by atomic mass is 9.66. The van der Waals surface area contributed by atoms with Crippen molar-refractivity contribution in [3.63, 3.8) is 0 Å². The van der Waals surface area contributed by atoms with Crippen molar-refractivity contribution < 1.29 is 4.21 Å². The predicted molar refractivity (Wildman–Crippen MR) is 115 cm³/mol. The van der Waals surface area contributed by atoms with Crippen LogP contribution in [0, 0.1) is 6.92 Å². The van der Waals surface area contributed by atoms with Crippen LogP contribution < -0.4 is 10.3 Å². The molecule has 3 atom stereocenters. The summed E-state index contributed by atoms with van der Waals surface area (Å²) in [6, 6.07) is 4.07. The van der Waals surface area contributed by atoms with Gasteiger partial charge >= 0.3 is 0 Å². The second-order valence-corrected chi connectivity index (χ2v) is 11.8. The average molecular weight is 402 g/mol. The molecular weight excluding hydrogens is 370 g/mol. The summed E-state index contributed by atoms with van der Waals surface area (Å²) in [6.07, 6.45) is 4.47. The number of hydrogen-bond acceptors (Lipinski definition) is 3. The maximum Gasteiger partial charge on any atom is 0.261 e. The molecule has 0 unspecified atom stereocenters. The van der Waals surface area contributed by atoms with Crippen molar-refractivity contribution in [2.45, 2.75) is 89.5 Å². The summed E-state index contributed by atoms with van der Waals surface area (Å²) in [5.41, 5.74) is 2.92. The highest BCUT2D eigenvalue weighted by Gasteiger charge is 2.49. The van der Waals surface area contributed by atoms with Gasteiger partial charge < -0.3 is 0 Å². The number of aryl methyl sites for hydroxylation is 1. The molecule has 0 radical (unpaired) electrons. The number of rotatable bonds is 3. The molecule has 28 heavy (non-hydrogen) atoms. The maximum absolute atomic E-state index is 13.4. The normalized spacial score (nSPS) is 22.9. The largest absolute Gasteiger partial charge is 0.293 e. The zero-order valence-corrected chi connectivity index (χ0v) is 18.6. The minimum atomic E-state index is -1.19. The van der Waals surface area contributed by atoms with Gasteiger partial charge in [-0.3, -0.25) is 9.36 Å². The summed E-state index contributed by atoms with van der Waals surface area (Å²) in [6.45, 7) is 12.0. The van der Waals surface area contributed by atoms with E-state index in [1.165, 1.54) is 6.42 Å². The molecule has 1 N–H and O–H groups in total. The van der Waals surface area contributed by atoms with E-state index in [9.17, 15) is 9.00 Å². The second kappa shape index (κ2) is 6.49. The molecule has 6 heteroatoms. The third-order valence-electron chi connectivity index (χ3n) is 6.40. The van der Waals surface area contributed by atoms with E-state index in [1.54, 1.807) is 0 Å². The van der Waals surface area contributed by atoms with Gasteiger partial charge in [0.2, 0.25) is 0 Å². The van der Waals surface area contributed by atoms with Crippen molar-refractivity contribution in [3.05, 3.63) is 39.4 Å². The molecule has 1 aliphatic heterocycles. The van der Waals surface area contributed by atoms with Crippen molar-refractivity contribution in [2.75, 3.05) is 0 Å². The molecule has 0 saturated heterocycles. The summed E-state index contributed by atoms with van der Waals surface area (Å²) >= 11 is 0. The van der Waals surface area contributed by atoms with Gasteiger partial charge in [-0.05, 0) is 78.0 Å². The lowest BCUT2D eigenvalue weighted by Gasteiger charge is -2.37. The topological polar surface area (TPSA) is 64.0 Å². The average Bonchev–Trinajstić information content (AvgIpc) is 2.87. The van der Waals surface area contributed by atoms with E-state index in [0.717, 1.165) is 41.7 Å². The molecule has 4 rings (SSSR count). The Balaban J connectivity index is 1.89. The van der Waals surface area contributed by atoms with Gasteiger partial charge in [0.25, 0.3) is 5.56 Å². The molecule has 1 spiro atoms. The summed E-state index contributed by atoms with van der Waals surface area (Å²) in [7, 11) is -1.19. The standard InChI is InChI=1S/C22H31N3O2S/c1-13-10-16(15(3)24-28(27)21(4,5)6)18-17(11-13)19(26)25-14(2)12-22(8-7-9-22)20(25)23-18/h10-11,14-15,24H,7-9,12H2,1-6H3/t14-,15+,28+/m0/s1. The molecule has 152 valence electrons. The fraction of sp³-hybridized carbons (Fsp3) is 0.636. The van der Waals surface area contributed by atoms with E-state index in [-0.39, 0.29) is 27.8 Å².